The van der Waals surface area contributed by atoms with Crippen molar-refractivity contribution >= 4 is 22.5 Å². The van der Waals surface area contributed by atoms with Gasteiger partial charge in [-0.2, -0.15) is 5.10 Å². The van der Waals surface area contributed by atoms with Crippen molar-refractivity contribution in [2.75, 3.05) is 5.88 Å². The van der Waals surface area contributed by atoms with Crippen LogP contribution in [0.3, 0.4) is 0 Å². The van der Waals surface area contributed by atoms with Gasteiger partial charge in [-0.05, 0) is 37.7 Å². The van der Waals surface area contributed by atoms with Crippen LogP contribution in [0.1, 0.15) is 44.7 Å². The molecule has 1 aliphatic rings. The maximum absolute atomic E-state index is 6.34. The molecule has 2 aromatic rings. The summed E-state index contributed by atoms with van der Waals surface area (Å²) < 4.78 is 2.12. The van der Waals surface area contributed by atoms with Crippen molar-refractivity contribution in [1.82, 2.24) is 9.78 Å². The van der Waals surface area contributed by atoms with Crippen molar-refractivity contribution < 1.29 is 0 Å². The second kappa shape index (κ2) is 5.77. The largest absolute Gasteiger partial charge is 0.265 e. The standard InChI is InChI=1S/C17H23ClN2/c1-2-20-16-9-5-4-8-14(16)15(19-20)12-17(13-18)10-6-3-7-11-17/h4-5,8-9H,2-3,6-7,10-13H2,1H3. The van der Waals surface area contributed by atoms with Crippen LogP contribution in [0.15, 0.2) is 24.3 Å². The second-order valence-corrected chi connectivity index (χ2v) is 6.42. The molecule has 0 N–H and O–H groups in total. The third-order valence-corrected chi connectivity index (χ3v) is 5.34. The number of fused-ring (bicyclic) bond motifs is 1. The molecule has 108 valence electrons. The lowest BCUT2D eigenvalue weighted by molar-refractivity contribution is 0.217. The smallest absolute Gasteiger partial charge is 0.0709 e. The van der Waals surface area contributed by atoms with Crippen molar-refractivity contribution in [3.8, 4) is 0 Å². The number of hydrogen-bond donors (Lipinski definition) is 0. The Hall–Kier alpha value is -1.02. The van der Waals surface area contributed by atoms with Gasteiger partial charge in [0.25, 0.3) is 0 Å². The highest BCUT2D eigenvalue weighted by Crippen LogP contribution is 2.41. The molecule has 0 amide bonds. The second-order valence-electron chi connectivity index (χ2n) is 6.15. The van der Waals surface area contributed by atoms with Crippen LogP contribution in [0.2, 0.25) is 0 Å². The minimum atomic E-state index is 0.273. The summed E-state index contributed by atoms with van der Waals surface area (Å²) in [4.78, 5) is 0. The fraction of sp³-hybridized carbons (Fsp3) is 0.588. The van der Waals surface area contributed by atoms with Crippen LogP contribution in [0, 0.1) is 5.41 Å². The van der Waals surface area contributed by atoms with E-state index in [0.717, 1.165) is 18.8 Å². The maximum Gasteiger partial charge on any atom is 0.0709 e. The lowest BCUT2D eigenvalue weighted by atomic mass is 9.72. The average molecular weight is 291 g/mol. The predicted molar refractivity (Wildman–Crippen MR) is 85.3 cm³/mol. The Morgan fingerprint density at radius 1 is 1.20 bits per heavy atom. The highest BCUT2D eigenvalue weighted by atomic mass is 35.5. The van der Waals surface area contributed by atoms with Gasteiger partial charge in [0.1, 0.15) is 0 Å². The molecule has 2 nitrogen and oxygen atoms in total. The third-order valence-electron chi connectivity index (χ3n) is 4.77. The van der Waals surface area contributed by atoms with Crippen molar-refractivity contribution in [2.45, 2.75) is 52.0 Å². The molecule has 1 aromatic carbocycles. The van der Waals surface area contributed by atoms with Gasteiger partial charge >= 0.3 is 0 Å². The van der Waals surface area contributed by atoms with E-state index in [1.54, 1.807) is 0 Å². The van der Waals surface area contributed by atoms with Crippen LogP contribution in [0.4, 0.5) is 0 Å². The van der Waals surface area contributed by atoms with Crippen LogP contribution in [-0.4, -0.2) is 15.7 Å². The van der Waals surface area contributed by atoms with E-state index in [9.17, 15) is 0 Å². The number of alkyl halides is 1. The molecule has 1 heterocycles. The Morgan fingerprint density at radius 3 is 2.65 bits per heavy atom. The third kappa shape index (κ3) is 2.46. The SMILES string of the molecule is CCn1nc(CC2(CCl)CCCCC2)c2ccccc21. The zero-order chi connectivity index (χ0) is 14.0. The molecule has 0 saturated heterocycles. The molecule has 1 fully saturated rings. The topological polar surface area (TPSA) is 17.8 Å². The van der Waals surface area contributed by atoms with Crippen molar-refractivity contribution in [3.05, 3.63) is 30.0 Å². The molecule has 1 saturated carbocycles. The Bertz CT molecular complexity index is 582. The van der Waals surface area contributed by atoms with Gasteiger partial charge in [-0.25, -0.2) is 0 Å². The normalized spacial score (nSPS) is 18.5. The first-order valence-corrected chi connectivity index (χ1v) is 8.32. The molecule has 0 unspecified atom stereocenters. The number of aromatic nitrogens is 2. The summed E-state index contributed by atoms with van der Waals surface area (Å²) >= 11 is 6.34. The lowest BCUT2D eigenvalue weighted by Crippen LogP contribution is -2.29. The monoisotopic (exact) mass is 290 g/mol. The number of nitrogens with zero attached hydrogens (tertiary/aromatic N) is 2. The fourth-order valence-electron chi connectivity index (χ4n) is 3.58. The van der Waals surface area contributed by atoms with Gasteiger partial charge in [-0.1, -0.05) is 37.5 Å². The van der Waals surface area contributed by atoms with Crippen LogP contribution < -0.4 is 0 Å². The summed E-state index contributed by atoms with van der Waals surface area (Å²) in [7, 11) is 0. The summed E-state index contributed by atoms with van der Waals surface area (Å²) in [6, 6.07) is 8.58. The van der Waals surface area contributed by atoms with Gasteiger partial charge in [0, 0.05) is 17.8 Å². The minimum absolute atomic E-state index is 0.273. The fourth-order valence-corrected chi connectivity index (χ4v) is 3.94. The van der Waals surface area contributed by atoms with Gasteiger partial charge in [-0.15, -0.1) is 11.6 Å². The van der Waals surface area contributed by atoms with Crippen molar-refractivity contribution in [3.63, 3.8) is 0 Å². The van der Waals surface area contributed by atoms with Crippen molar-refractivity contribution in [2.24, 2.45) is 5.41 Å². The zero-order valence-electron chi connectivity index (χ0n) is 12.2. The van der Waals surface area contributed by atoms with Crippen molar-refractivity contribution in [1.29, 1.82) is 0 Å². The molecular weight excluding hydrogens is 268 g/mol. The molecule has 0 aliphatic heterocycles. The molecule has 20 heavy (non-hydrogen) atoms. The molecule has 0 spiro atoms. The van der Waals surface area contributed by atoms with Gasteiger partial charge in [0.05, 0.1) is 11.2 Å². The summed E-state index contributed by atoms with van der Waals surface area (Å²) in [6.45, 7) is 3.08. The predicted octanol–water partition coefficient (Wildman–Crippen LogP) is 4.79. The first-order chi connectivity index (χ1) is 9.78. The highest BCUT2D eigenvalue weighted by molar-refractivity contribution is 6.18. The van der Waals surface area contributed by atoms with Gasteiger partial charge in [-0.3, -0.25) is 4.68 Å². The Balaban J connectivity index is 1.97. The molecule has 3 heteroatoms. The first kappa shape index (κ1) is 13.9. The highest BCUT2D eigenvalue weighted by Gasteiger charge is 2.32. The van der Waals surface area contributed by atoms with Gasteiger partial charge in [0.2, 0.25) is 0 Å². The zero-order valence-corrected chi connectivity index (χ0v) is 13.0. The Kier molecular flexibility index (Phi) is 4.02. The minimum Gasteiger partial charge on any atom is -0.265 e. The number of aryl methyl sites for hydroxylation is 1. The van der Waals surface area contributed by atoms with E-state index >= 15 is 0 Å². The van der Waals surface area contributed by atoms with E-state index < -0.39 is 0 Å². The number of para-hydroxylation sites is 1. The molecule has 0 radical (unpaired) electrons. The number of benzene rings is 1. The van der Waals surface area contributed by atoms with Crippen LogP contribution in [-0.2, 0) is 13.0 Å². The van der Waals surface area contributed by atoms with Gasteiger partial charge in [0.15, 0.2) is 0 Å². The quantitative estimate of drug-likeness (QED) is 0.740. The lowest BCUT2D eigenvalue weighted by Gasteiger charge is -2.35. The maximum atomic E-state index is 6.34. The van der Waals surface area contributed by atoms with E-state index in [1.807, 2.05) is 0 Å². The van der Waals surface area contributed by atoms with Crippen LogP contribution in [0.5, 0.6) is 0 Å². The van der Waals surface area contributed by atoms with Crippen LogP contribution in [0.25, 0.3) is 10.9 Å². The number of halogens is 1. The molecule has 0 bridgehead atoms. The first-order valence-electron chi connectivity index (χ1n) is 7.78. The van der Waals surface area contributed by atoms with E-state index in [1.165, 1.54) is 48.7 Å². The van der Waals surface area contributed by atoms with E-state index in [-0.39, 0.29) is 5.41 Å². The summed E-state index contributed by atoms with van der Waals surface area (Å²) in [5.74, 6) is 0.764. The Labute approximate surface area is 126 Å². The summed E-state index contributed by atoms with van der Waals surface area (Å²) in [6.07, 6.45) is 7.54. The average Bonchev–Trinajstić information content (AvgIpc) is 2.86. The van der Waals surface area contributed by atoms with E-state index in [2.05, 4.69) is 35.9 Å². The molecule has 1 aliphatic carbocycles. The van der Waals surface area contributed by atoms with E-state index in [0.29, 0.717) is 0 Å². The molecule has 1 aromatic heterocycles. The molecular formula is C17H23ClN2. The number of rotatable bonds is 4. The Morgan fingerprint density at radius 2 is 1.95 bits per heavy atom. The van der Waals surface area contributed by atoms with Gasteiger partial charge < -0.3 is 0 Å². The molecule has 3 rings (SSSR count). The summed E-state index contributed by atoms with van der Waals surface area (Å²) in [5, 5.41) is 6.16. The number of hydrogen-bond acceptors (Lipinski definition) is 1. The molecule has 0 atom stereocenters. The summed E-state index contributed by atoms with van der Waals surface area (Å²) in [5.41, 5.74) is 2.77. The van der Waals surface area contributed by atoms with E-state index in [4.69, 9.17) is 16.7 Å². The van der Waals surface area contributed by atoms with Crippen LogP contribution >= 0.6 is 11.6 Å².